The van der Waals surface area contributed by atoms with Gasteiger partial charge in [0.15, 0.2) is 5.84 Å². The molecule has 0 aromatic carbocycles. The van der Waals surface area contributed by atoms with Gasteiger partial charge in [-0.3, -0.25) is 4.79 Å². The number of allylic oxidation sites excluding steroid dienone is 2. The van der Waals surface area contributed by atoms with Crippen molar-refractivity contribution in [2.45, 2.75) is 32.7 Å². The lowest BCUT2D eigenvalue weighted by Gasteiger charge is -2.29. The van der Waals surface area contributed by atoms with Gasteiger partial charge in [0, 0.05) is 18.8 Å². The molecule has 2 rings (SSSR count). The van der Waals surface area contributed by atoms with Crippen LogP contribution in [0.2, 0.25) is 0 Å². The van der Waals surface area contributed by atoms with E-state index >= 15 is 0 Å². The zero-order valence-corrected chi connectivity index (χ0v) is 12.5. The molecule has 0 unspecified atom stereocenters. The number of nitrogens with zero attached hydrogens (tertiary/aromatic N) is 2. The van der Waals surface area contributed by atoms with Crippen LogP contribution in [-0.2, 0) is 14.8 Å². The molecule has 0 aromatic heterocycles. The largest absolute Gasteiger partial charge is 0.349 e. The Labute approximate surface area is 119 Å². The van der Waals surface area contributed by atoms with Crippen LogP contribution < -0.4 is 5.32 Å². The van der Waals surface area contributed by atoms with Crippen molar-refractivity contribution in [2.75, 3.05) is 12.3 Å². The molecule has 20 heavy (non-hydrogen) atoms. The monoisotopic (exact) mass is 297 g/mol. The van der Waals surface area contributed by atoms with Gasteiger partial charge in [0.25, 0.3) is 15.9 Å². The number of carbonyl (C=O) groups is 1. The number of hydrogen-bond acceptors (Lipinski definition) is 4. The van der Waals surface area contributed by atoms with Crippen molar-refractivity contribution < 1.29 is 13.2 Å². The zero-order valence-electron chi connectivity index (χ0n) is 11.7. The summed E-state index contributed by atoms with van der Waals surface area (Å²) in [5.41, 5.74) is 0.308. The van der Waals surface area contributed by atoms with Gasteiger partial charge in [-0.15, -0.1) is 4.40 Å². The van der Waals surface area contributed by atoms with E-state index in [0.717, 1.165) is 12.8 Å². The highest BCUT2D eigenvalue weighted by Crippen LogP contribution is 2.18. The van der Waals surface area contributed by atoms with Gasteiger partial charge in [0.1, 0.15) is 0 Å². The van der Waals surface area contributed by atoms with E-state index in [1.165, 1.54) is 0 Å². The minimum atomic E-state index is -3.47. The van der Waals surface area contributed by atoms with E-state index in [4.69, 9.17) is 0 Å². The minimum Gasteiger partial charge on any atom is -0.349 e. The summed E-state index contributed by atoms with van der Waals surface area (Å²) in [5, 5.41) is 2.90. The van der Waals surface area contributed by atoms with Gasteiger partial charge in [-0.25, -0.2) is 8.42 Å². The average molecular weight is 297 g/mol. The summed E-state index contributed by atoms with van der Waals surface area (Å²) in [6.07, 6.45) is 6.74. The maximum absolute atomic E-state index is 12.3. The minimum absolute atomic E-state index is 0.0255. The summed E-state index contributed by atoms with van der Waals surface area (Å²) in [4.78, 5) is 14.0. The second-order valence-electron chi connectivity index (χ2n) is 4.80. The number of sulfonamides is 1. The van der Waals surface area contributed by atoms with Crippen molar-refractivity contribution in [3.8, 4) is 0 Å². The van der Waals surface area contributed by atoms with Gasteiger partial charge in [-0.05, 0) is 25.0 Å². The van der Waals surface area contributed by atoms with Crippen molar-refractivity contribution in [1.82, 2.24) is 10.2 Å². The van der Waals surface area contributed by atoms with Crippen molar-refractivity contribution in [3.63, 3.8) is 0 Å². The molecule has 0 fully saturated rings. The summed E-state index contributed by atoms with van der Waals surface area (Å²) in [6.45, 7) is 4.32. The number of rotatable bonds is 4. The van der Waals surface area contributed by atoms with Crippen molar-refractivity contribution >= 4 is 21.8 Å². The lowest BCUT2D eigenvalue weighted by atomic mass is 10.1. The Morgan fingerprint density at radius 3 is 2.80 bits per heavy atom. The Morgan fingerprint density at radius 1 is 1.45 bits per heavy atom. The highest BCUT2D eigenvalue weighted by molar-refractivity contribution is 7.90. The molecule has 6 nitrogen and oxygen atoms in total. The Morgan fingerprint density at radius 2 is 2.15 bits per heavy atom. The first-order valence-electron chi connectivity index (χ1n) is 6.76. The Hall–Kier alpha value is -1.63. The maximum Gasteiger partial charge on any atom is 0.256 e. The molecule has 2 aliphatic rings. The van der Waals surface area contributed by atoms with E-state index in [9.17, 15) is 13.2 Å². The number of hydrogen-bond donors (Lipinski definition) is 1. The predicted molar refractivity (Wildman–Crippen MR) is 77.7 cm³/mol. The van der Waals surface area contributed by atoms with E-state index in [2.05, 4.69) is 9.71 Å². The van der Waals surface area contributed by atoms with Gasteiger partial charge >= 0.3 is 0 Å². The zero-order chi connectivity index (χ0) is 14.8. The topological polar surface area (TPSA) is 78.8 Å². The van der Waals surface area contributed by atoms with E-state index in [1.54, 1.807) is 23.3 Å². The summed E-state index contributed by atoms with van der Waals surface area (Å²) in [7, 11) is -3.47. The third-order valence-electron chi connectivity index (χ3n) is 3.42. The predicted octanol–water partition coefficient (Wildman–Crippen LogP) is 0.789. The first kappa shape index (κ1) is 14.8. The van der Waals surface area contributed by atoms with Crippen LogP contribution in [0.4, 0.5) is 0 Å². The van der Waals surface area contributed by atoms with E-state index in [1.807, 2.05) is 13.8 Å². The van der Waals surface area contributed by atoms with Gasteiger partial charge in [-0.2, -0.15) is 0 Å². The normalized spacial score (nSPS) is 20.2. The molecule has 0 saturated carbocycles. The van der Waals surface area contributed by atoms with Crippen molar-refractivity contribution in [1.29, 1.82) is 0 Å². The molecule has 0 spiro atoms. The smallest absolute Gasteiger partial charge is 0.256 e. The Bertz CT molecular complexity index is 586. The molecule has 0 saturated heterocycles. The van der Waals surface area contributed by atoms with Gasteiger partial charge in [0.2, 0.25) is 0 Å². The average Bonchev–Trinajstić information content (AvgIpc) is 2.42. The number of nitrogens with one attached hydrogen (secondary N) is 1. The van der Waals surface area contributed by atoms with Crippen molar-refractivity contribution in [2.24, 2.45) is 4.40 Å². The molecule has 0 radical (unpaired) electrons. The first-order chi connectivity index (χ1) is 9.46. The molecule has 0 bridgehead atoms. The molecular formula is C13H19N3O3S. The molecule has 0 atom stereocenters. The number of amidine groups is 1. The number of carbonyl (C=O) groups excluding carboxylic acids is 1. The fraction of sp³-hybridized carbons (Fsp3) is 0.538. The van der Waals surface area contributed by atoms with Gasteiger partial charge in [-0.1, -0.05) is 13.8 Å². The SMILES string of the molecule is CCC(CC)NC(=O)C1=CC=CN2CCS(=O)(=O)N=C12. The lowest BCUT2D eigenvalue weighted by Crippen LogP contribution is -2.44. The second-order valence-corrected chi connectivity index (χ2v) is 6.56. The Balaban J connectivity index is 2.26. The van der Waals surface area contributed by atoms with Crippen LogP contribution in [0.25, 0.3) is 0 Å². The summed E-state index contributed by atoms with van der Waals surface area (Å²) < 4.78 is 27.0. The molecule has 0 aromatic rings. The fourth-order valence-electron chi connectivity index (χ4n) is 2.15. The molecule has 7 heteroatoms. The fourth-order valence-corrected chi connectivity index (χ4v) is 3.13. The number of fused-ring (bicyclic) bond motifs is 1. The van der Waals surface area contributed by atoms with E-state index in [0.29, 0.717) is 12.1 Å². The standard InChI is InChI=1S/C13H19N3O3S/c1-3-10(4-2)14-13(17)11-6-5-7-16-8-9-20(18,19)15-12(11)16/h5-7,10H,3-4,8-9H2,1-2H3,(H,14,17). The van der Waals surface area contributed by atoms with E-state index < -0.39 is 10.0 Å². The highest BCUT2D eigenvalue weighted by Gasteiger charge is 2.30. The third-order valence-corrected chi connectivity index (χ3v) is 4.57. The molecule has 2 heterocycles. The van der Waals surface area contributed by atoms with Crippen LogP contribution in [0, 0.1) is 0 Å². The first-order valence-corrected chi connectivity index (χ1v) is 8.36. The molecule has 1 amide bonds. The van der Waals surface area contributed by atoms with Crippen LogP contribution in [0.5, 0.6) is 0 Å². The van der Waals surface area contributed by atoms with E-state index in [-0.39, 0.29) is 23.5 Å². The summed E-state index contributed by atoms with van der Waals surface area (Å²) in [5.74, 6) is -0.0754. The Kier molecular flexibility index (Phi) is 4.27. The summed E-state index contributed by atoms with van der Waals surface area (Å²) in [6, 6.07) is 0.0866. The van der Waals surface area contributed by atoms with Crippen LogP contribution >= 0.6 is 0 Å². The van der Waals surface area contributed by atoms with Gasteiger partial charge < -0.3 is 10.2 Å². The van der Waals surface area contributed by atoms with Crippen LogP contribution in [0.1, 0.15) is 26.7 Å². The maximum atomic E-state index is 12.3. The van der Waals surface area contributed by atoms with Gasteiger partial charge in [0.05, 0.1) is 11.3 Å². The summed E-state index contributed by atoms with van der Waals surface area (Å²) >= 11 is 0. The van der Waals surface area contributed by atoms with Crippen molar-refractivity contribution in [3.05, 3.63) is 23.9 Å². The third kappa shape index (κ3) is 3.09. The molecule has 1 N–H and O–H groups in total. The second kappa shape index (κ2) is 5.78. The lowest BCUT2D eigenvalue weighted by molar-refractivity contribution is -0.117. The molecular weight excluding hydrogens is 278 g/mol. The highest BCUT2D eigenvalue weighted by atomic mass is 32.2. The molecule has 0 aliphatic carbocycles. The molecule has 110 valence electrons. The van der Waals surface area contributed by atoms with Crippen LogP contribution in [0.3, 0.4) is 0 Å². The molecule has 2 aliphatic heterocycles. The number of amides is 1. The van der Waals surface area contributed by atoms with Crippen LogP contribution in [0.15, 0.2) is 28.3 Å². The van der Waals surface area contributed by atoms with Crippen LogP contribution in [-0.4, -0.2) is 43.4 Å². The quantitative estimate of drug-likeness (QED) is 0.832.